The fourth-order valence-corrected chi connectivity index (χ4v) is 4.91. The van der Waals surface area contributed by atoms with Crippen LogP contribution in [0.5, 0.6) is 0 Å². The van der Waals surface area contributed by atoms with Crippen LogP contribution in [0.25, 0.3) is 0 Å². The second-order valence-electron chi connectivity index (χ2n) is 7.99. The van der Waals surface area contributed by atoms with Crippen molar-refractivity contribution in [3.8, 4) is 0 Å². The molecule has 31 heavy (non-hydrogen) atoms. The topological polar surface area (TPSA) is 86.6 Å². The van der Waals surface area contributed by atoms with E-state index in [9.17, 15) is 14.4 Å². The van der Waals surface area contributed by atoms with Crippen LogP contribution in [0.3, 0.4) is 0 Å². The molecule has 1 N–H and O–H groups in total. The Morgan fingerprint density at radius 3 is 2.84 bits per heavy atom. The van der Waals surface area contributed by atoms with Crippen molar-refractivity contribution in [3.63, 3.8) is 0 Å². The first-order chi connectivity index (χ1) is 14.8. The summed E-state index contributed by atoms with van der Waals surface area (Å²) in [5.74, 6) is -0.936. The van der Waals surface area contributed by atoms with Gasteiger partial charge in [-0.2, -0.15) is 0 Å². The summed E-state index contributed by atoms with van der Waals surface area (Å²) in [5.41, 5.74) is 3.29. The van der Waals surface area contributed by atoms with Crippen molar-refractivity contribution in [1.29, 1.82) is 0 Å². The Bertz CT molecular complexity index is 1040. The highest BCUT2D eigenvalue weighted by atomic mass is 32.2. The maximum atomic E-state index is 12.7. The van der Waals surface area contributed by atoms with E-state index < -0.39 is 5.97 Å². The number of ether oxygens (including phenoxy) is 2. The van der Waals surface area contributed by atoms with Gasteiger partial charge in [-0.1, -0.05) is 0 Å². The lowest BCUT2D eigenvalue weighted by molar-refractivity contribution is -0.115. The summed E-state index contributed by atoms with van der Waals surface area (Å²) in [6, 6.07) is 6.86. The number of ketones is 1. The number of aryl methyl sites for hydroxylation is 1. The fourth-order valence-electron chi connectivity index (χ4n) is 3.98. The molecule has 4 rings (SSSR count). The predicted octanol–water partition coefficient (Wildman–Crippen LogP) is 3.76. The molecule has 1 fully saturated rings. The molecule has 3 heterocycles. The lowest BCUT2D eigenvalue weighted by Gasteiger charge is -2.21. The molecule has 0 radical (unpaired) electrons. The number of hydrogen-bond donors (Lipinski definition) is 1. The van der Waals surface area contributed by atoms with Crippen molar-refractivity contribution < 1.29 is 23.9 Å². The minimum absolute atomic E-state index is 0.100. The molecule has 0 aliphatic carbocycles. The predicted molar refractivity (Wildman–Crippen MR) is 118 cm³/mol. The third kappa shape index (κ3) is 4.55. The van der Waals surface area contributed by atoms with Gasteiger partial charge in [-0.3, -0.25) is 9.59 Å². The van der Waals surface area contributed by atoms with Gasteiger partial charge in [0.1, 0.15) is 0 Å². The molecule has 2 aliphatic rings. The van der Waals surface area contributed by atoms with E-state index in [1.165, 1.54) is 11.8 Å². The summed E-state index contributed by atoms with van der Waals surface area (Å²) >= 11 is 1.44. The number of nitrogens with zero attached hydrogens (tertiary/aromatic N) is 1. The van der Waals surface area contributed by atoms with E-state index in [1.807, 2.05) is 26.8 Å². The summed E-state index contributed by atoms with van der Waals surface area (Å²) in [5, 5.41) is 2.62. The van der Waals surface area contributed by atoms with Gasteiger partial charge in [-0.25, -0.2) is 4.79 Å². The number of esters is 1. The van der Waals surface area contributed by atoms with E-state index in [0.717, 1.165) is 42.3 Å². The van der Waals surface area contributed by atoms with Crippen LogP contribution < -0.4 is 5.32 Å². The van der Waals surface area contributed by atoms with Crippen molar-refractivity contribution >= 4 is 35.1 Å². The number of hydrogen-bond acceptors (Lipinski definition) is 6. The Labute approximate surface area is 185 Å². The Hall–Kier alpha value is -2.58. The van der Waals surface area contributed by atoms with Gasteiger partial charge < -0.3 is 19.4 Å². The van der Waals surface area contributed by atoms with E-state index in [2.05, 4.69) is 9.88 Å². The lowest BCUT2D eigenvalue weighted by atomic mass is 10.1. The minimum Gasteiger partial charge on any atom is -0.454 e. The average molecular weight is 443 g/mol. The molecule has 164 valence electrons. The van der Waals surface area contributed by atoms with Crippen LogP contribution >= 0.6 is 11.8 Å². The van der Waals surface area contributed by atoms with Crippen LogP contribution in [0, 0.1) is 13.8 Å². The maximum absolute atomic E-state index is 12.7. The summed E-state index contributed by atoms with van der Waals surface area (Å²) in [6.07, 6.45) is 2.27. The van der Waals surface area contributed by atoms with Gasteiger partial charge in [0.25, 0.3) is 0 Å². The van der Waals surface area contributed by atoms with Gasteiger partial charge in [0.05, 0.1) is 22.6 Å². The molecule has 0 unspecified atom stereocenters. The van der Waals surface area contributed by atoms with Crippen molar-refractivity contribution in [3.05, 3.63) is 46.8 Å². The fraction of sp³-hybridized carbons (Fsp3) is 0.435. The van der Waals surface area contributed by atoms with Gasteiger partial charge in [0, 0.05) is 35.0 Å². The second kappa shape index (κ2) is 8.88. The van der Waals surface area contributed by atoms with Crippen LogP contribution in [0.2, 0.25) is 0 Å². The maximum Gasteiger partial charge on any atom is 0.338 e. The number of aromatic nitrogens is 1. The molecule has 1 saturated heterocycles. The van der Waals surface area contributed by atoms with Crippen molar-refractivity contribution in [2.75, 3.05) is 18.5 Å². The molecule has 1 aromatic carbocycles. The Kier molecular flexibility index (Phi) is 6.20. The number of thioether (sulfide) groups is 1. The van der Waals surface area contributed by atoms with E-state index >= 15 is 0 Å². The SMILES string of the molecule is Cc1cc(C(=O)COC(=O)c2ccc3c(c2)NC(=O)[C@H](C)S3)c(C)n1C[C@@H]1CCCO1. The largest absolute Gasteiger partial charge is 0.454 e. The third-order valence-electron chi connectivity index (χ3n) is 5.76. The average Bonchev–Trinajstić information content (AvgIpc) is 3.36. The first kappa shape index (κ1) is 21.6. The monoisotopic (exact) mass is 442 g/mol. The number of benzene rings is 1. The van der Waals surface area contributed by atoms with Crippen LogP contribution in [0.15, 0.2) is 29.2 Å². The van der Waals surface area contributed by atoms with Crippen LogP contribution in [-0.4, -0.2) is 46.8 Å². The summed E-state index contributed by atoms with van der Waals surface area (Å²) in [4.78, 5) is 38.0. The zero-order chi connectivity index (χ0) is 22.1. The van der Waals surface area contributed by atoms with Crippen molar-refractivity contribution in [1.82, 2.24) is 4.57 Å². The van der Waals surface area contributed by atoms with Gasteiger partial charge in [0.15, 0.2) is 6.61 Å². The van der Waals surface area contributed by atoms with Gasteiger partial charge >= 0.3 is 5.97 Å². The molecule has 0 spiro atoms. The van der Waals surface area contributed by atoms with E-state index in [1.54, 1.807) is 18.2 Å². The number of rotatable bonds is 6. The highest BCUT2D eigenvalue weighted by molar-refractivity contribution is 8.00. The molecule has 0 saturated carbocycles. The molecule has 1 amide bonds. The second-order valence-corrected chi connectivity index (χ2v) is 9.37. The number of carbonyl (C=O) groups excluding carboxylic acids is 3. The van der Waals surface area contributed by atoms with Crippen LogP contribution in [0.4, 0.5) is 5.69 Å². The molecular weight excluding hydrogens is 416 g/mol. The molecule has 2 aromatic rings. The molecular formula is C23H26N2O5S. The molecule has 2 atom stereocenters. The number of carbonyl (C=O) groups is 3. The lowest BCUT2D eigenvalue weighted by Crippen LogP contribution is -2.26. The Morgan fingerprint density at radius 2 is 2.10 bits per heavy atom. The number of fused-ring (bicyclic) bond motifs is 1. The zero-order valence-electron chi connectivity index (χ0n) is 17.9. The number of nitrogens with one attached hydrogen (secondary N) is 1. The third-order valence-corrected chi connectivity index (χ3v) is 6.94. The number of anilines is 1. The standard InChI is InChI=1S/C23H26N2O5S/c1-13-9-18(14(2)25(13)11-17-5-4-8-29-17)20(26)12-30-23(28)16-6-7-21-19(10-16)24-22(27)15(3)31-21/h6-7,9-10,15,17H,4-5,8,11-12H2,1-3H3,(H,24,27)/t15-,17-/m0/s1. The molecule has 0 bridgehead atoms. The highest BCUT2D eigenvalue weighted by Gasteiger charge is 2.25. The van der Waals surface area contributed by atoms with Gasteiger partial charge in [-0.05, 0) is 57.9 Å². The van der Waals surface area contributed by atoms with Crippen LogP contribution in [0.1, 0.15) is 51.9 Å². The first-order valence-corrected chi connectivity index (χ1v) is 11.3. The summed E-state index contributed by atoms with van der Waals surface area (Å²) < 4.78 is 13.1. The molecule has 2 aliphatic heterocycles. The summed E-state index contributed by atoms with van der Waals surface area (Å²) in [6.45, 7) is 6.87. The Morgan fingerprint density at radius 1 is 1.29 bits per heavy atom. The quantitative estimate of drug-likeness (QED) is 0.542. The van der Waals surface area contributed by atoms with Gasteiger partial charge in [0.2, 0.25) is 11.7 Å². The van der Waals surface area contributed by atoms with E-state index in [-0.39, 0.29) is 29.7 Å². The minimum atomic E-state index is -0.595. The van der Waals surface area contributed by atoms with Gasteiger partial charge in [-0.15, -0.1) is 11.8 Å². The van der Waals surface area contributed by atoms with Crippen molar-refractivity contribution in [2.24, 2.45) is 0 Å². The zero-order valence-corrected chi connectivity index (χ0v) is 18.7. The molecule has 7 nitrogen and oxygen atoms in total. The molecule has 1 aromatic heterocycles. The smallest absolute Gasteiger partial charge is 0.338 e. The van der Waals surface area contributed by atoms with Crippen LogP contribution in [-0.2, 0) is 20.8 Å². The van der Waals surface area contributed by atoms with Crippen molar-refractivity contribution in [2.45, 2.75) is 56.4 Å². The Balaban J connectivity index is 1.40. The normalized spacial score (nSPS) is 20.3. The number of Topliss-reactive ketones (excluding diaryl/α,β-unsaturated/α-hetero) is 1. The molecule has 8 heteroatoms. The van der Waals surface area contributed by atoms with E-state index in [0.29, 0.717) is 16.8 Å². The van der Waals surface area contributed by atoms with E-state index in [4.69, 9.17) is 9.47 Å². The number of amides is 1. The summed E-state index contributed by atoms with van der Waals surface area (Å²) in [7, 11) is 0. The first-order valence-electron chi connectivity index (χ1n) is 10.4. The highest BCUT2D eigenvalue weighted by Crippen LogP contribution is 2.36.